The quantitative estimate of drug-likeness (QED) is 0.864. The Balaban J connectivity index is 2.31. The van der Waals surface area contributed by atoms with E-state index in [-0.39, 0.29) is 12.5 Å². The summed E-state index contributed by atoms with van der Waals surface area (Å²) in [5, 5.41) is 4.97. The van der Waals surface area contributed by atoms with Gasteiger partial charge in [0.15, 0.2) is 0 Å². The Morgan fingerprint density at radius 1 is 1.14 bits per heavy atom. The van der Waals surface area contributed by atoms with Crippen molar-refractivity contribution >= 4 is 22.6 Å². The molecule has 2 aromatic carbocycles. The van der Waals surface area contributed by atoms with Crippen LogP contribution in [0.4, 0.5) is 0 Å². The van der Waals surface area contributed by atoms with Crippen molar-refractivity contribution in [2.45, 2.75) is 32.7 Å². The van der Waals surface area contributed by atoms with E-state index in [9.17, 15) is 9.59 Å². The van der Waals surface area contributed by atoms with Crippen LogP contribution in [0, 0.1) is 0 Å². The summed E-state index contributed by atoms with van der Waals surface area (Å²) in [5.41, 5.74) is -0.0902. The van der Waals surface area contributed by atoms with Gasteiger partial charge < -0.3 is 10.1 Å². The summed E-state index contributed by atoms with van der Waals surface area (Å²) in [6.07, 6.45) is 0.385. The van der Waals surface area contributed by atoms with E-state index in [1.165, 1.54) is 6.92 Å². The van der Waals surface area contributed by atoms with Crippen LogP contribution in [0.3, 0.4) is 0 Å². The lowest BCUT2D eigenvalue weighted by Crippen LogP contribution is -2.54. The number of rotatable bonds is 5. The zero-order valence-electron chi connectivity index (χ0n) is 13.2. The molecule has 0 fully saturated rings. The highest BCUT2D eigenvalue weighted by Crippen LogP contribution is 2.20. The van der Waals surface area contributed by atoms with Gasteiger partial charge in [-0.25, -0.2) is 4.79 Å². The van der Waals surface area contributed by atoms with Crippen LogP contribution in [0.5, 0.6) is 0 Å². The van der Waals surface area contributed by atoms with Crippen molar-refractivity contribution in [2.24, 2.45) is 0 Å². The number of benzene rings is 2. The molecule has 0 heterocycles. The first kappa shape index (κ1) is 16.0. The van der Waals surface area contributed by atoms with E-state index in [4.69, 9.17) is 4.74 Å². The fourth-order valence-corrected chi connectivity index (χ4v) is 2.60. The van der Waals surface area contributed by atoms with Crippen molar-refractivity contribution in [3.63, 3.8) is 0 Å². The minimum absolute atomic E-state index is 0.253. The van der Waals surface area contributed by atoms with Gasteiger partial charge in [-0.1, -0.05) is 42.5 Å². The summed E-state index contributed by atoms with van der Waals surface area (Å²) in [4.78, 5) is 23.7. The summed E-state index contributed by atoms with van der Waals surface area (Å²) in [5.74, 6) is -0.672. The van der Waals surface area contributed by atoms with Gasteiger partial charge in [-0.3, -0.25) is 4.79 Å². The van der Waals surface area contributed by atoms with E-state index >= 15 is 0 Å². The van der Waals surface area contributed by atoms with Crippen molar-refractivity contribution in [3.8, 4) is 0 Å². The highest BCUT2D eigenvalue weighted by molar-refractivity contribution is 5.88. The van der Waals surface area contributed by atoms with Crippen LogP contribution < -0.4 is 5.32 Å². The van der Waals surface area contributed by atoms with E-state index in [1.54, 1.807) is 13.8 Å². The molecule has 0 aliphatic rings. The van der Waals surface area contributed by atoms with Crippen molar-refractivity contribution in [2.75, 3.05) is 6.61 Å². The van der Waals surface area contributed by atoms with Gasteiger partial charge in [0.05, 0.1) is 6.61 Å². The van der Waals surface area contributed by atoms with Gasteiger partial charge in [0.25, 0.3) is 0 Å². The topological polar surface area (TPSA) is 55.4 Å². The Labute approximate surface area is 130 Å². The first-order valence-electron chi connectivity index (χ1n) is 7.38. The fraction of sp³-hybridized carbons (Fsp3) is 0.333. The molecular weight excluding hydrogens is 278 g/mol. The van der Waals surface area contributed by atoms with Gasteiger partial charge in [-0.2, -0.15) is 0 Å². The van der Waals surface area contributed by atoms with Crippen LogP contribution in [-0.4, -0.2) is 24.0 Å². The van der Waals surface area contributed by atoms with Gasteiger partial charge >= 0.3 is 5.97 Å². The average Bonchev–Trinajstić information content (AvgIpc) is 2.46. The third kappa shape index (κ3) is 3.64. The maximum atomic E-state index is 12.2. The van der Waals surface area contributed by atoms with E-state index in [0.29, 0.717) is 6.42 Å². The van der Waals surface area contributed by atoms with Crippen molar-refractivity contribution in [3.05, 3.63) is 48.0 Å². The largest absolute Gasteiger partial charge is 0.464 e. The molecule has 2 rings (SSSR count). The average molecular weight is 299 g/mol. The van der Waals surface area contributed by atoms with Gasteiger partial charge in [0.2, 0.25) is 5.91 Å². The SMILES string of the molecule is CCOC(=O)[C@](C)(Cc1ccc2ccccc2c1)NC(C)=O. The summed E-state index contributed by atoms with van der Waals surface area (Å²) in [7, 11) is 0. The van der Waals surface area contributed by atoms with Gasteiger partial charge in [0.1, 0.15) is 5.54 Å². The summed E-state index contributed by atoms with van der Waals surface area (Å²) >= 11 is 0. The van der Waals surface area contributed by atoms with E-state index in [2.05, 4.69) is 5.32 Å². The maximum Gasteiger partial charge on any atom is 0.331 e. The second-order valence-electron chi connectivity index (χ2n) is 5.59. The van der Waals surface area contributed by atoms with Gasteiger partial charge in [0, 0.05) is 13.3 Å². The number of carbonyl (C=O) groups excluding carboxylic acids is 2. The van der Waals surface area contributed by atoms with Crippen molar-refractivity contribution in [1.82, 2.24) is 5.32 Å². The molecule has 4 heteroatoms. The molecule has 0 aliphatic carbocycles. The summed E-state index contributed by atoms with van der Waals surface area (Å²) in [6, 6.07) is 14.1. The minimum atomic E-state index is -1.07. The van der Waals surface area contributed by atoms with Gasteiger partial charge in [-0.15, -0.1) is 0 Å². The smallest absolute Gasteiger partial charge is 0.331 e. The van der Waals surface area contributed by atoms with Crippen molar-refractivity contribution < 1.29 is 14.3 Å². The van der Waals surface area contributed by atoms with E-state index in [1.807, 2.05) is 42.5 Å². The molecule has 1 atom stereocenters. The Morgan fingerprint density at radius 2 is 1.82 bits per heavy atom. The van der Waals surface area contributed by atoms with Crippen LogP contribution >= 0.6 is 0 Å². The van der Waals surface area contributed by atoms with E-state index in [0.717, 1.165) is 16.3 Å². The number of nitrogens with one attached hydrogen (secondary N) is 1. The fourth-order valence-electron chi connectivity index (χ4n) is 2.60. The second kappa shape index (κ2) is 6.60. The zero-order valence-corrected chi connectivity index (χ0v) is 13.2. The number of hydrogen-bond acceptors (Lipinski definition) is 3. The molecule has 116 valence electrons. The molecule has 0 saturated carbocycles. The van der Waals surface area contributed by atoms with Crippen LogP contribution in [0.25, 0.3) is 10.8 Å². The highest BCUT2D eigenvalue weighted by atomic mass is 16.5. The number of fused-ring (bicyclic) bond motifs is 1. The van der Waals surface area contributed by atoms with Crippen LogP contribution in [0.15, 0.2) is 42.5 Å². The van der Waals surface area contributed by atoms with Crippen LogP contribution in [-0.2, 0) is 20.7 Å². The standard InChI is InChI=1S/C18H21NO3/c1-4-22-17(21)18(3,19-13(2)20)12-14-9-10-15-7-5-6-8-16(15)11-14/h5-11H,4,12H2,1-3H3,(H,19,20)/t18-/m0/s1. The number of carbonyl (C=O) groups is 2. The number of ether oxygens (including phenoxy) is 1. The Kier molecular flexibility index (Phi) is 4.81. The Morgan fingerprint density at radius 3 is 2.45 bits per heavy atom. The molecule has 0 aliphatic heterocycles. The molecule has 22 heavy (non-hydrogen) atoms. The lowest BCUT2D eigenvalue weighted by molar-refractivity contribution is -0.152. The second-order valence-corrected chi connectivity index (χ2v) is 5.59. The number of hydrogen-bond donors (Lipinski definition) is 1. The molecule has 0 bridgehead atoms. The van der Waals surface area contributed by atoms with Crippen LogP contribution in [0.1, 0.15) is 26.3 Å². The normalized spacial score (nSPS) is 13.4. The molecule has 0 aromatic heterocycles. The molecule has 1 amide bonds. The molecule has 4 nitrogen and oxygen atoms in total. The highest BCUT2D eigenvalue weighted by Gasteiger charge is 2.35. The van der Waals surface area contributed by atoms with E-state index < -0.39 is 11.5 Å². The summed E-state index contributed by atoms with van der Waals surface area (Å²) < 4.78 is 5.11. The zero-order chi connectivity index (χ0) is 16.2. The van der Waals surface area contributed by atoms with Crippen molar-refractivity contribution in [1.29, 1.82) is 0 Å². The molecule has 0 spiro atoms. The van der Waals surface area contributed by atoms with Gasteiger partial charge in [-0.05, 0) is 30.2 Å². The molecular formula is C18H21NO3. The first-order chi connectivity index (χ1) is 10.4. The molecule has 0 saturated heterocycles. The monoisotopic (exact) mass is 299 g/mol. The predicted octanol–water partition coefficient (Wildman–Crippen LogP) is 2.84. The molecule has 0 radical (unpaired) electrons. The lowest BCUT2D eigenvalue weighted by Gasteiger charge is -2.28. The molecule has 1 N–H and O–H groups in total. The maximum absolute atomic E-state index is 12.2. The summed E-state index contributed by atoms with van der Waals surface area (Å²) in [6.45, 7) is 5.13. The Bertz CT molecular complexity index is 696. The molecule has 0 unspecified atom stereocenters. The lowest BCUT2D eigenvalue weighted by atomic mass is 9.91. The number of esters is 1. The third-order valence-electron chi connectivity index (χ3n) is 3.55. The molecule has 2 aromatic rings. The predicted molar refractivity (Wildman–Crippen MR) is 86.5 cm³/mol. The van der Waals surface area contributed by atoms with Crippen LogP contribution in [0.2, 0.25) is 0 Å². The Hall–Kier alpha value is -2.36. The first-order valence-corrected chi connectivity index (χ1v) is 7.38. The third-order valence-corrected chi connectivity index (χ3v) is 3.55. The minimum Gasteiger partial charge on any atom is -0.464 e. The number of amides is 1.